The molecule has 4 heterocycles. The summed E-state index contributed by atoms with van der Waals surface area (Å²) < 4.78 is 1.94. The fraction of sp³-hybridized carbons (Fsp3) is 0.500. The molecule has 0 N–H and O–H groups in total. The van der Waals surface area contributed by atoms with E-state index in [1.807, 2.05) is 37.8 Å². The minimum Gasteiger partial charge on any atom is -0.336 e. The molecule has 0 radical (unpaired) electrons. The molecule has 0 saturated carbocycles. The first kappa shape index (κ1) is 14.9. The third-order valence-electron chi connectivity index (χ3n) is 4.61. The number of nitrogens with zero attached hydrogens (tertiary/aromatic N) is 7. The van der Waals surface area contributed by atoms with E-state index in [0.29, 0.717) is 12.6 Å². The number of carbonyl (C=O) groups is 1. The molecule has 2 aromatic heterocycles. The largest absolute Gasteiger partial charge is 0.336 e. The van der Waals surface area contributed by atoms with Crippen molar-refractivity contribution in [2.45, 2.75) is 19.9 Å². The van der Waals surface area contributed by atoms with Crippen molar-refractivity contribution in [3.8, 4) is 0 Å². The van der Waals surface area contributed by atoms with Gasteiger partial charge in [-0.2, -0.15) is 5.10 Å². The van der Waals surface area contributed by atoms with E-state index in [1.165, 1.54) is 0 Å². The smallest absolute Gasteiger partial charge is 0.324 e. The second-order valence-corrected chi connectivity index (χ2v) is 6.54. The lowest BCUT2D eigenvalue weighted by Gasteiger charge is -2.39. The van der Waals surface area contributed by atoms with Crippen LogP contribution >= 0.6 is 0 Å². The van der Waals surface area contributed by atoms with Gasteiger partial charge in [0.15, 0.2) is 0 Å². The van der Waals surface area contributed by atoms with Crippen LogP contribution in [-0.4, -0.2) is 63.9 Å². The zero-order valence-corrected chi connectivity index (χ0v) is 14.2. The van der Waals surface area contributed by atoms with Crippen molar-refractivity contribution in [2.75, 3.05) is 43.0 Å². The Labute approximate surface area is 140 Å². The average Bonchev–Trinajstić information content (AvgIpc) is 3.05. The highest BCUT2D eigenvalue weighted by Gasteiger charge is 2.32. The maximum absolute atomic E-state index is 12.1. The molecule has 2 aromatic rings. The highest BCUT2D eigenvalue weighted by molar-refractivity contribution is 5.93. The highest BCUT2D eigenvalue weighted by atomic mass is 16.2. The highest BCUT2D eigenvalue weighted by Crippen LogP contribution is 2.27. The normalized spacial score (nSPS) is 18.5. The summed E-state index contributed by atoms with van der Waals surface area (Å²) >= 11 is 0. The molecule has 4 rings (SSSR count). The Bertz CT molecular complexity index is 760. The van der Waals surface area contributed by atoms with Crippen LogP contribution in [-0.2, 0) is 0 Å². The van der Waals surface area contributed by atoms with Gasteiger partial charge in [0.25, 0.3) is 0 Å². The summed E-state index contributed by atoms with van der Waals surface area (Å²) in [6.07, 6.45) is 3.73. The Morgan fingerprint density at radius 1 is 1.12 bits per heavy atom. The minimum absolute atomic E-state index is 0.0356. The summed E-state index contributed by atoms with van der Waals surface area (Å²) in [5.74, 6) is 0.785. The first-order valence-electron chi connectivity index (χ1n) is 8.15. The van der Waals surface area contributed by atoms with Gasteiger partial charge in [-0.1, -0.05) is 0 Å². The van der Waals surface area contributed by atoms with E-state index in [1.54, 1.807) is 16.0 Å². The zero-order valence-electron chi connectivity index (χ0n) is 14.2. The molecule has 0 unspecified atom stereocenters. The average molecular weight is 327 g/mol. The predicted octanol–water partition coefficient (Wildman–Crippen LogP) is 1.22. The van der Waals surface area contributed by atoms with E-state index < -0.39 is 0 Å². The molecule has 0 bridgehead atoms. The molecule has 0 aliphatic carbocycles. The summed E-state index contributed by atoms with van der Waals surface area (Å²) in [5, 5.41) is 4.44. The van der Waals surface area contributed by atoms with Gasteiger partial charge in [0.1, 0.15) is 0 Å². The Kier molecular flexibility index (Phi) is 3.40. The number of hydrogen-bond acceptors (Lipinski definition) is 5. The van der Waals surface area contributed by atoms with Crippen LogP contribution in [0.2, 0.25) is 0 Å². The molecule has 0 aromatic carbocycles. The molecule has 2 amide bonds. The molecule has 2 aliphatic rings. The van der Waals surface area contributed by atoms with Crippen molar-refractivity contribution < 1.29 is 4.79 Å². The third-order valence-corrected chi connectivity index (χ3v) is 4.61. The maximum atomic E-state index is 12.1. The minimum atomic E-state index is 0.0356. The second-order valence-electron chi connectivity index (χ2n) is 6.54. The van der Waals surface area contributed by atoms with Gasteiger partial charge in [0.05, 0.1) is 17.9 Å². The molecular weight excluding hydrogens is 306 g/mol. The summed E-state index contributed by atoms with van der Waals surface area (Å²) in [6.45, 7) is 7.10. The molecule has 8 heteroatoms. The molecule has 2 fully saturated rings. The molecule has 0 spiro atoms. The molecule has 2 aliphatic heterocycles. The number of aryl methyl sites for hydroxylation is 2. The van der Waals surface area contributed by atoms with Gasteiger partial charge < -0.3 is 9.80 Å². The predicted molar refractivity (Wildman–Crippen MR) is 90.4 cm³/mol. The first-order valence-corrected chi connectivity index (χ1v) is 8.15. The standard InChI is InChI=1S/C16H21N7O/c1-11-6-12(2)19-15(18-11)21-8-14(9-21)23-10-13(7-17-23)22-5-4-20(3)16(22)24/h6-7,10,14H,4-5,8-9H2,1-3H3. The summed E-state index contributed by atoms with van der Waals surface area (Å²) in [6, 6.07) is 2.30. The first-order chi connectivity index (χ1) is 11.5. The van der Waals surface area contributed by atoms with Crippen molar-refractivity contribution in [1.82, 2.24) is 24.6 Å². The third kappa shape index (κ3) is 2.47. The number of anilines is 2. The van der Waals surface area contributed by atoms with Crippen LogP contribution in [0.25, 0.3) is 0 Å². The topological polar surface area (TPSA) is 70.4 Å². The lowest BCUT2D eigenvalue weighted by Crippen LogP contribution is -2.48. The SMILES string of the molecule is Cc1cc(C)nc(N2CC(n3cc(N4CCN(C)C4=O)cn3)C2)n1. The van der Waals surface area contributed by atoms with Gasteiger partial charge in [0.2, 0.25) is 5.95 Å². The van der Waals surface area contributed by atoms with E-state index in [4.69, 9.17) is 0 Å². The summed E-state index contributed by atoms with van der Waals surface area (Å²) in [4.78, 5) is 26.7. The van der Waals surface area contributed by atoms with Gasteiger partial charge in [-0.3, -0.25) is 9.58 Å². The quantitative estimate of drug-likeness (QED) is 0.848. The Morgan fingerprint density at radius 3 is 2.46 bits per heavy atom. The molecular formula is C16H21N7O. The van der Waals surface area contributed by atoms with Crippen LogP contribution in [0.15, 0.2) is 18.5 Å². The number of carbonyl (C=O) groups excluding carboxylic acids is 1. The lowest BCUT2D eigenvalue weighted by molar-refractivity contribution is 0.229. The molecule has 8 nitrogen and oxygen atoms in total. The van der Waals surface area contributed by atoms with Gasteiger partial charge in [-0.25, -0.2) is 14.8 Å². The molecule has 0 atom stereocenters. The van der Waals surface area contributed by atoms with Crippen molar-refractivity contribution >= 4 is 17.7 Å². The summed E-state index contributed by atoms with van der Waals surface area (Å²) in [7, 11) is 1.82. The lowest BCUT2D eigenvalue weighted by atomic mass is 10.1. The monoisotopic (exact) mass is 327 g/mol. The number of amides is 2. The zero-order chi connectivity index (χ0) is 16.8. The van der Waals surface area contributed by atoms with E-state index in [0.717, 1.165) is 42.7 Å². The molecule has 126 valence electrons. The molecule has 2 saturated heterocycles. The van der Waals surface area contributed by atoms with Crippen molar-refractivity contribution in [3.05, 3.63) is 29.8 Å². The van der Waals surface area contributed by atoms with Crippen LogP contribution in [0, 0.1) is 13.8 Å². The van der Waals surface area contributed by atoms with E-state index in [9.17, 15) is 4.79 Å². The van der Waals surface area contributed by atoms with Crippen LogP contribution < -0.4 is 9.80 Å². The van der Waals surface area contributed by atoms with E-state index >= 15 is 0 Å². The fourth-order valence-corrected chi connectivity index (χ4v) is 3.19. The van der Waals surface area contributed by atoms with E-state index in [-0.39, 0.29) is 6.03 Å². The van der Waals surface area contributed by atoms with Crippen LogP contribution in [0.5, 0.6) is 0 Å². The summed E-state index contributed by atoms with van der Waals surface area (Å²) in [5.41, 5.74) is 2.84. The van der Waals surface area contributed by atoms with Crippen molar-refractivity contribution in [1.29, 1.82) is 0 Å². The Balaban J connectivity index is 1.43. The van der Waals surface area contributed by atoms with Crippen molar-refractivity contribution in [3.63, 3.8) is 0 Å². The van der Waals surface area contributed by atoms with E-state index in [2.05, 4.69) is 20.0 Å². The van der Waals surface area contributed by atoms with Crippen LogP contribution in [0.3, 0.4) is 0 Å². The van der Waals surface area contributed by atoms with Gasteiger partial charge in [-0.05, 0) is 19.9 Å². The number of aromatic nitrogens is 4. The van der Waals surface area contributed by atoms with Crippen molar-refractivity contribution in [2.24, 2.45) is 0 Å². The van der Waals surface area contributed by atoms with Gasteiger partial charge in [-0.15, -0.1) is 0 Å². The Hall–Kier alpha value is -2.64. The maximum Gasteiger partial charge on any atom is 0.324 e. The number of urea groups is 1. The van der Waals surface area contributed by atoms with Gasteiger partial charge in [0, 0.05) is 50.8 Å². The number of likely N-dealkylation sites (N-methyl/N-ethyl adjacent to an activating group) is 1. The van der Waals surface area contributed by atoms with Crippen LogP contribution in [0.4, 0.5) is 16.4 Å². The Morgan fingerprint density at radius 2 is 1.83 bits per heavy atom. The molecule has 24 heavy (non-hydrogen) atoms. The fourth-order valence-electron chi connectivity index (χ4n) is 3.19. The number of rotatable bonds is 3. The van der Waals surface area contributed by atoms with Crippen LogP contribution in [0.1, 0.15) is 17.4 Å². The van der Waals surface area contributed by atoms with Gasteiger partial charge >= 0.3 is 6.03 Å². The number of hydrogen-bond donors (Lipinski definition) is 0. The second kappa shape index (κ2) is 5.47.